The van der Waals surface area contributed by atoms with Gasteiger partial charge in [-0.2, -0.15) is 0 Å². The van der Waals surface area contributed by atoms with E-state index in [1.165, 1.54) is 0 Å². The van der Waals surface area contributed by atoms with Gasteiger partial charge >= 0.3 is 0 Å². The topological polar surface area (TPSA) is 74.3 Å². The summed E-state index contributed by atoms with van der Waals surface area (Å²) in [4.78, 5) is 29.3. The van der Waals surface area contributed by atoms with Crippen LogP contribution in [0.25, 0.3) is 0 Å². The standard InChI is InChI=1S/C16H26N4O2/c1-4-5-9-15(18-12-21)16(22)17-10-13-7-6-8-14(19-13)11-20(2)3/h6-8,12,15H,4-5,9-11H2,1-3H3,(H,17,22)(H,18,21). The Morgan fingerprint density at radius 3 is 2.73 bits per heavy atom. The molecule has 0 spiro atoms. The number of pyridine rings is 1. The molecule has 1 atom stereocenters. The van der Waals surface area contributed by atoms with Crippen molar-refractivity contribution in [2.75, 3.05) is 14.1 Å². The molecule has 1 unspecified atom stereocenters. The van der Waals surface area contributed by atoms with Crippen molar-refractivity contribution >= 4 is 12.3 Å². The van der Waals surface area contributed by atoms with E-state index in [1.807, 2.05) is 37.2 Å². The molecule has 0 bridgehead atoms. The number of hydrogen-bond donors (Lipinski definition) is 2. The van der Waals surface area contributed by atoms with E-state index in [1.54, 1.807) is 0 Å². The molecule has 0 saturated carbocycles. The number of carbonyl (C=O) groups excluding carboxylic acids is 2. The van der Waals surface area contributed by atoms with Gasteiger partial charge in [-0.05, 0) is 32.6 Å². The maximum atomic E-state index is 12.1. The van der Waals surface area contributed by atoms with Crippen LogP contribution in [0.2, 0.25) is 0 Å². The van der Waals surface area contributed by atoms with Gasteiger partial charge in [0, 0.05) is 6.54 Å². The maximum Gasteiger partial charge on any atom is 0.242 e. The van der Waals surface area contributed by atoms with Crippen LogP contribution in [0.4, 0.5) is 0 Å². The predicted molar refractivity (Wildman–Crippen MR) is 86.0 cm³/mol. The molecule has 0 radical (unpaired) electrons. The molecule has 0 fully saturated rings. The third-order valence-electron chi connectivity index (χ3n) is 3.22. The summed E-state index contributed by atoms with van der Waals surface area (Å²) in [6.45, 7) is 3.17. The van der Waals surface area contributed by atoms with E-state index in [-0.39, 0.29) is 5.91 Å². The van der Waals surface area contributed by atoms with E-state index >= 15 is 0 Å². The van der Waals surface area contributed by atoms with Crippen LogP contribution in [0.15, 0.2) is 18.2 Å². The maximum absolute atomic E-state index is 12.1. The Morgan fingerprint density at radius 2 is 2.09 bits per heavy atom. The second-order valence-corrected chi connectivity index (χ2v) is 5.56. The molecule has 2 amide bonds. The van der Waals surface area contributed by atoms with Crippen molar-refractivity contribution in [1.29, 1.82) is 0 Å². The molecular formula is C16H26N4O2. The summed E-state index contributed by atoms with van der Waals surface area (Å²) in [6, 6.07) is 5.31. The van der Waals surface area contributed by atoms with Crippen molar-refractivity contribution in [2.24, 2.45) is 0 Å². The fourth-order valence-corrected chi connectivity index (χ4v) is 2.12. The normalized spacial score (nSPS) is 12.0. The highest BCUT2D eigenvalue weighted by atomic mass is 16.2. The summed E-state index contributed by atoms with van der Waals surface area (Å²) in [6.07, 6.45) is 3.11. The van der Waals surface area contributed by atoms with Gasteiger partial charge in [0.15, 0.2) is 0 Å². The first-order valence-electron chi connectivity index (χ1n) is 7.63. The van der Waals surface area contributed by atoms with Crippen molar-refractivity contribution in [3.8, 4) is 0 Å². The van der Waals surface area contributed by atoms with Crippen LogP contribution in [0.1, 0.15) is 37.6 Å². The second kappa shape index (κ2) is 9.89. The Balaban J connectivity index is 2.56. The first-order valence-corrected chi connectivity index (χ1v) is 7.63. The smallest absolute Gasteiger partial charge is 0.242 e. The highest BCUT2D eigenvalue weighted by Gasteiger charge is 2.16. The van der Waals surface area contributed by atoms with Crippen LogP contribution in [0.3, 0.4) is 0 Å². The lowest BCUT2D eigenvalue weighted by atomic mass is 10.1. The minimum absolute atomic E-state index is 0.166. The lowest BCUT2D eigenvalue weighted by molar-refractivity contribution is -0.125. The van der Waals surface area contributed by atoms with Gasteiger partial charge in [-0.25, -0.2) is 0 Å². The summed E-state index contributed by atoms with van der Waals surface area (Å²) >= 11 is 0. The van der Waals surface area contributed by atoms with Gasteiger partial charge in [-0.3, -0.25) is 14.6 Å². The summed E-state index contributed by atoms with van der Waals surface area (Å²) in [5.74, 6) is -0.166. The first kappa shape index (κ1) is 18.1. The second-order valence-electron chi connectivity index (χ2n) is 5.56. The van der Waals surface area contributed by atoms with Gasteiger partial charge in [0.2, 0.25) is 12.3 Å². The summed E-state index contributed by atoms with van der Waals surface area (Å²) in [7, 11) is 3.97. The molecule has 1 heterocycles. The molecule has 0 aromatic carbocycles. The van der Waals surface area contributed by atoms with E-state index in [0.717, 1.165) is 30.8 Å². The monoisotopic (exact) mass is 306 g/mol. The zero-order valence-corrected chi connectivity index (χ0v) is 13.6. The number of carbonyl (C=O) groups is 2. The van der Waals surface area contributed by atoms with E-state index in [0.29, 0.717) is 19.4 Å². The lowest BCUT2D eigenvalue weighted by Crippen LogP contribution is -2.43. The van der Waals surface area contributed by atoms with Crippen molar-refractivity contribution in [3.05, 3.63) is 29.6 Å². The minimum Gasteiger partial charge on any atom is -0.349 e. The number of nitrogens with one attached hydrogen (secondary N) is 2. The molecule has 1 aromatic rings. The molecular weight excluding hydrogens is 280 g/mol. The fourth-order valence-electron chi connectivity index (χ4n) is 2.12. The lowest BCUT2D eigenvalue weighted by Gasteiger charge is -2.16. The Morgan fingerprint density at radius 1 is 1.36 bits per heavy atom. The highest BCUT2D eigenvalue weighted by molar-refractivity contribution is 5.83. The zero-order chi connectivity index (χ0) is 16.4. The summed E-state index contributed by atoms with van der Waals surface area (Å²) < 4.78 is 0. The number of rotatable bonds is 10. The van der Waals surface area contributed by atoms with Crippen LogP contribution < -0.4 is 10.6 Å². The van der Waals surface area contributed by atoms with Crippen molar-refractivity contribution in [3.63, 3.8) is 0 Å². The highest BCUT2D eigenvalue weighted by Crippen LogP contribution is 2.03. The van der Waals surface area contributed by atoms with Gasteiger partial charge in [-0.1, -0.05) is 25.8 Å². The molecule has 0 saturated heterocycles. The molecule has 6 nitrogen and oxygen atoms in total. The van der Waals surface area contributed by atoms with Crippen LogP contribution in [0, 0.1) is 0 Å². The Kier molecular flexibility index (Phi) is 8.14. The van der Waals surface area contributed by atoms with E-state index < -0.39 is 6.04 Å². The van der Waals surface area contributed by atoms with Crippen LogP contribution in [-0.2, 0) is 22.7 Å². The van der Waals surface area contributed by atoms with Gasteiger partial charge in [-0.15, -0.1) is 0 Å². The first-order chi connectivity index (χ1) is 10.6. The molecule has 1 aromatic heterocycles. The molecule has 122 valence electrons. The van der Waals surface area contributed by atoms with Gasteiger partial charge in [0.25, 0.3) is 0 Å². The van der Waals surface area contributed by atoms with Crippen molar-refractivity contribution in [1.82, 2.24) is 20.5 Å². The average molecular weight is 306 g/mol. The number of aromatic nitrogens is 1. The largest absolute Gasteiger partial charge is 0.349 e. The quantitative estimate of drug-likeness (QED) is 0.634. The predicted octanol–water partition coefficient (Wildman–Crippen LogP) is 1.06. The van der Waals surface area contributed by atoms with E-state index in [4.69, 9.17) is 0 Å². The number of unbranched alkanes of at least 4 members (excludes halogenated alkanes) is 1. The molecule has 22 heavy (non-hydrogen) atoms. The zero-order valence-electron chi connectivity index (χ0n) is 13.6. The van der Waals surface area contributed by atoms with Gasteiger partial charge in [0.1, 0.15) is 6.04 Å². The van der Waals surface area contributed by atoms with Crippen LogP contribution in [0.5, 0.6) is 0 Å². The average Bonchev–Trinajstić information content (AvgIpc) is 2.48. The summed E-state index contributed by atoms with van der Waals surface area (Å²) in [5.41, 5.74) is 1.78. The third kappa shape index (κ3) is 6.67. The van der Waals surface area contributed by atoms with Crippen LogP contribution >= 0.6 is 0 Å². The van der Waals surface area contributed by atoms with Gasteiger partial charge < -0.3 is 15.5 Å². The summed E-state index contributed by atoms with van der Waals surface area (Å²) in [5, 5.41) is 5.41. The molecule has 0 aliphatic rings. The fraction of sp³-hybridized carbons (Fsp3) is 0.562. The van der Waals surface area contributed by atoms with E-state index in [9.17, 15) is 9.59 Å². The number of nitrogens with zero attached hydrogens (tertiary/aromatic N) is 2. The van der Waals surface area contributed by atoms with Crippen LogP contribution in [-0.4, -0.2) is 42.3 Å². The van der Waals surface area contributed by atoms with Crippen molar-refractivity contribution in [2.45, 2.75) is 45.3 Å². The minimum atomic E-state index is -0.470. The third-order valence-corrected chi connectivity index (χ3v) is 3.22. The molecule has 0 aliphatic carbocycles. The number of hydrogen-bond acceptors (Lipinski definition) is 4. The van der Waals surface area contributed by atoms with Crippen molar-refractivity contribution < 1.29 is 9.59 Å². The molecule has 2 N–H and O–H groups in total. The molecule has 1 rings (SSSR count). The SMILES string of the molecule is CCCCC(NC=O)C(=O)NCc1cccc(CN(C)C)n1. The molecule has 0 aliphatic heterocycles. The molecule has 6 heteroatoms. The Hall–Kier alpha value is -1.95. The van der Waals surface area contributed by atoms with Gasteiger partial charge in [0.05, 0.1) is 17.9 Å². The number of amides is 2. The Labute approximate surface area is 132 Å². The van der Waals surface area contributed by atoms with E-state index in [2.05, 4.69) is 22.5 Å². The Bertz CT molecular complexity index is 477.